The largest absolute Gasteiger partial charge is 0.481 e. The smallest absolute Gasteiger partial charge is 0.394 e. The highest BCUT2D eigenvalue weighted by atomic mass is 19.4. The van der Waals surface area contributed by atoms with Crippen LogP contribution in [0.1, 0.15) is 29.8 Å². The van der Waals surface area contributed by atoms with Gasteiger partial charge in [0.15, 0.2) is 0 Å². The third-order valence-corrected chi connectivity index (χ3v) is 4.74. The SMILES string of the molecule is Cc1nn(C)c(C)c1C(C)C(=O)N1C[C@@H](C(F)(F)F)[C@H](C(=O)O)C1. The number of rotatable bonds is 3. The molecule has 6 nitrogen and oxygen atoms in total. The van der Waals surface area contributed by atoms with Crippen molar-refractivity contribution in [3.63, 3.8) is 0 Å². The number of alkyl halides is 3. The van der Waals surface area contributed by atoms with Gasteiger partial charge in [0.1, 0.15) is 0 Å². The van der Waals surface area contributed by atoms with E-state index in [1.165, 1.54) is 0 Å². The van der Waals surface area contributed by atoms with Gasteiger partial charge in [-0.2, -0.15) is 18.3 Å². The Kier molecular flexibility index (Phi) is 4.65. The molecule has 1 unspecified atom stereocenters. The van der Waals surface area contributed by atoms with E-state index in [1.54, 1.807) is 32.5 Å². The molecule has 0 aliphatic carbocycles. The lowest BCUT2D eigenvalue weighted by Gasteiger charge is -2.22. The van der Waals surface area contributed by atoms with Crippen molar-refractivity contribution in [2.24, 2.45) is 18.9 Å². The Bertz CT molecular complexity index is 669. The number of amides is 1. The maximum Gasteiger partial charge on any atom is 0.394 e. The molecule has 0 bridgehead atoms. The summed E-state index contributed by atoms with van der Waals surface area (Å²) in [4.78, 5) is 24.8. The van der Waals surface area contributed by atoms with Crippen LogP contribution in [0.4, 0.5) is 13.2 Å². The minimum atomic E-state index is -4.65. The van der Waals surface area contributed by atoms with Gasteiger partial charge in [0.25, 0.3) is 0 Å². The molecular formula is C15H20F3N3O3. The van der Waals surface area contributed by atoms with E-state index in [4.69, 9.17) is 5.11 Å². The molecule has 1 amide bonds. The van der Waals surface area contributed by atoms with Gasteiger partial charge in [-0.1, -0.05) is 0 Å². The number of aryl methyl sites for hydroxylation is 2. The first-order chi connectivity index (χ1) is 10.9. The van der Waals surface area contributed by atoms with Crippen LogP contribution in [-0.4, -0.2) is 50.9 Å². The Labute approximate surface area is 137 Å². The monoisotopic (exact) mass is 347 g/mol. The summed E-state index contributed by atoms with van der Waals surface area (Å²) in [6.07, 6.45) is -4.65. The molecule has 9 heteroatoms. The van der Waals surface area contributed by atoms with Gasteiger partial charge in [-0.15, -0.1) is 0 Å². The number of aliphatic carboxylic acids is 1. The molecule has 134 valence electrons. The first-order valence-corrected chi connectivity index (χ1v) is 7.53. The van der Waals surface area contributed by atoms with Gasteiger partial charge in [-0.3, -0.25) is 14.3 Å². The predicted octanol–water partition coefficient (Wildman–Crippen LogP) is 1.86. The zero-order valence-corrected chi connectivity index (χ0v) is 13.9. The quantitative estimate of drug-likeness (QED) is 0.906. The van der Waals surface area contributed by atoms with Crippen LogP contribution in [0.2, 0.25) is 0 Å². The van der Waals surface area contributed by atoms with Gasteiger partial charge in [-0.05, 0) is 20.8 Å². The Morgan fingerprint density at radius 2 is 1.88 bits per heavy atom. The van der Waals surface area contributed by atoms with Gasteiger partial charge in [0, 0.05) is 31.4 Å². The summed E-state index contributed by atoms with van der Waals surface area (Å²) < 4.78 is 40.8. The van der Waals surface area contributed by atoms with Crippen molar-refractivity contribution in [1.82, 2.24) is 14.7 Å². The highest BCUT2D eigenvalue weighted by molar-refractivity contribution is 5.85. The molecule has 0 spiro atoms. The summed E-state index contributed by atoms with van der Waals surface area (Å²) in [5.41, 5.74) is 2.07. The average Bonchev–Trinajstić information content (AvgIpc) is 3.00. The standard InChI is InChI=1S/C15H20F3N3O3/c1-7(12-8(2)19-20(4)9(12)3)13(22)21-5-10(14(23)24)11(6-21)15(16,17)18/h7,10-11H,5-6H2,1-4H3,(H,23,24)/t7?,10-,11-/m1/s1. The molecular weight excluding hydrogens is 327 g/mol. The second-order valence-corrected chi connectivity index (χ2v) is 6.27. The number of carbonyl (C=O) groups is 2. The number of likely N-dealkylation sites (tertiary alicyclic amines) is 1. The lowest BCUT2D eigenvalue weighted by atomic mass is 9.96. The second kappa shape index (κ2) is 6.10. The lowest BCUT2D eigenvalue weighted by molar-refractivity contribution is -0.188. The van der Waals surface area contributed by atoms with E-state index in [2.05, 4.69) is 5.10 Å². The zero-order valence-electron chi connectivity index (χ0n) is 13.9. The molecule has 1 aromatic rings. The number of aromatic nitrogens is 2. The maximum absolute atomic E-state index is 13.0. The molecule has 24 heavy (non-hydrogen) atoms. The van der Waals surface area contributed by atoms with Crippen molar-refractivity contribution in [3.8, 4) is 0 Å². The number of carbonyl (C=O) groups excluding carboxylic acids is 1. The summed E-state index contributed by atoms with van der Waals surface area (Å²) in [7, 11) is 1.72. The summed E-state index contributed by atoms with van der Waals surface area (Å²) in [6.45, 7) is 4.06. The van der Waals surface area contributed by atoms with Crippen LogP contribution in [0.5, 0.6) is 0 Å². The summed E-state index contributed by atoms with van der Waals surface area (Å²) >= 11 is 0. The van der Waals surface area contributed by atoms with Gasteiger partial charge in [0.2, 0.25) is 5.91 Å². The van der Waals surface area contributed by atoms with Crippen LogP contribution in [0, 0.1) is 25.7 Å². The number of carboxylic acids is 1. The van der Waals surface area contributed by atoms with Crippen LogP contribution < -0.4 is 0 Å². The van der Waals surface area contributed by atoms with Crippen LogP contribution in [0.3, 0.4) is 0 Å². The van der Waals surface area contributed by atoms with Crippen LogP contribution in [0.25, 0.3) is 0 Å². The minimum absolute atomic E-state index is 0.430. The molecule has 2 heterocycles. The second-order valence-electron chi connectivity index (χ2n) is 6.27. The number of carboxylic acid groups (broad SMARTS) is 1. The Morgan fingerprint density at radius 3 is 2.25 bits per heavy atom. The predicted molar refractivity (Wildman–Crippen MR) is 78.3 cm³/mol. The van der Waals surface area contributed by atoms with E-state index in [-0.39, 0.29) is 0 Å². The molecule has 2 rings (SSSR count). The van der Waals surface area contributed by atoms with Gasteiger partial charge >= 0.3 is 12.1 Å². The summed E-state index contributed by atoms with van der Waals surface area (Å²) in [5.74, 6) is -6.39. The number of hydrogen-bond acceptors (Lipinski definition) is 3. The molecule has 1 aromatic heterocycles. The van der Waals surface area contributed by atoms with Gasteiger partial charge < -0.3 is 10.0 Å². The Hall–Kier alpha value is -2.06. The van der Waals surface area contributed by atoms with Crippen molar-refractivity contribution in [3.05, 3.63) is 17.0 Å². The van der Waals surface area contributed by atoms with Crippen LogP contribution in [-0.2, 0) is 16.6 Å². The van der Waals surface area contributed by atoms with Crippen LogP contribution in [0.15, 0.2) is 0 Å². The fourth-order valence-electron chi connectivity index (χ4n) is 3.38. The van der Waals surface area contributed by atoms with Gasteiger partial charge in [-0.25, -0.2) is 0 Å². The zero-order chi connectivity index (χ0) is 18.4. The fraction of sp³-hybridized carbons (Fsp3) is 0.667. The van der Waals surface area contributed by atoms with E-state index in [0.717, 1.165) is 10.6 Å². The van der Waals surface area contributed by atoms with Crippen molar-refractivity contribution in [2.75, 3.05) is 13.1 Å². The molecule has 1 aliphatic rings. The third-order valence-electron chi connectivity index (χ3n) is 4.74. The highest BCUT2D eigenvalue weighted by Crippen LogP contribution is 2.39. The highest BCUT2D eigenvalue weighted by Gasteiger charge is 2.53. The molecule has 0 aromatic carbocycles. The normalized spacial score (nSPS) is 22.7. The van der Waals surface area contributed by atoms with Gasteiger partial charge in [0.05, 0.1) is 23.4 Å². The van der Waals surface area contributed by atoms with Crippen molar-refractivity contribution < 1.29 is 27.9 Å². The Morgan fingerprint density at radius 1 is 1.29 bits per heavy atom. The molecule has 1 saturated heterocycles. The average molecular weight is 347 g/mol. The first-order valence-electron chi connectivity index (χ1n) is 7.53. The number of hydrogen-bond donors (Lipinski definition) is 1. The van der Waals surface area contributed by atoms with Crippen molar-refractivity contribution in [2.45, 2.75) is 32.9 Å². The topological polar surface area (TPSA) is 75.4 Å². The van der Waals surface area contributed by atoms with E-state index in [1.807, 2.05) is 0 Å². The Balaban J connectivity index is 2.25. The van der Waals surface area contributed by atoms with E-state index in [9.17, 15) is 22.8 Å². The first kappa shape index (κ1) is 18.3. The van der Waals surface area contributed by atoms with Crippen molar-refractivity contribution >= 4 is 11.9 Å². The van der Waals surface area contributed by atoms with E-state index >= 15 is 0 Å². The molecule has 1 aliphatic heterocycles. The fourth-order valence-corrected chi connectivity index (χ4v) is 3.38. The minimum Gasteiger partial charge on any atom is -0.481 e. The van der Waals surface area contributed by atoms with Crippen molar-refractivity contribution in [1.29, 1.82) is 0 Å². The molecule has 1 N–H and O–H groups in total. The lowest BCUT2D eigenvalue weighted by Crippen LogP contribution is -2.35. The maximum atomic E-state index is 13.0. The van der Waals surface area contributed by atoms with Crippen LogP contribution >= 0.6 is 0 Å². The van der Waals surface area contributed by atoms with E-state index in [0.29, 0.717) is 11.3 Å². The van der Waals surface area contributed by atoms with E-state index < -0.39 is 48.9 Å². The molecule has 0 saturated carbocycles. The molecule has 3 atom stereocenters. The third kappa shape index (κ3) is 3.11. The number of halogens is 3. The summed E-state index contributed by atoms with van der Waals surface area (Å²) in [6, 6.07) is 0. The number of nitrogens with zero attached hydrogens (tertiary/aromatic N) is 3. The molecule has 0 radical (unpaired) electrons. The molecule has 1 fully saturated rings. The summed E-state index contributed by atoms with van der Waals surface area (Å²) in [5, 5.41) is 13.3.